The number of hydrogen-bond acceptors (Lipinski definition) is 5. The standard InChI is InChI=1S/C28H38N4O2/c1-30-14-10-24-17-21(4-9-27(24)30)18-29-25-11-15-31(16-12-25)26-7-5-23(6-8-26)28(34)32-13-2-3-22(19-32)20-33/h4-9,17,22,25,29,33H,2-3,10-16,18-20H2,1H3/t22-/m0/s1. The highest BCUT2D eigenvalue weighted by Crippen LogP contribution is 2.28. The average Bonchev–Trinajstić information content (AvgIpc) is 3.27. The number of carbonyl (C=O) groups is 1. The number of aliphatic hydroxyl groups excluding tert-OH is 1. The molecular formula is C28H38N4O2. The lowest BCUT2D eigenvalue weighted by atomic mass is 9.98. The normalized spacial score (nSPS) is 21.1. The molecule has 2 aromatic carbocycles. The lowest BCUT2D eigenvalue weighted by molar-refractivity contribution is 0.0620. The number of nitrogens with zero attached hydrogens (tertiary/aromatic N) is 3. The first-order valence-electron chi connectivity index (χ1n) is 12.9. The summed E-state index contributed by atoms with van der Waals surface area (Å²) in [5, 5.41) is 13.2. The van der Waals surface area contributed by atoms with E-state index >= 15 is 0 Å². The van der Waals surface area contributed by atoms with Crippen LogP contribution < -0.4 is 15.1 Å². The fourth-order valence-electron chi connectivity index (χ4n) is 5.73. The Morgan fingerprint density at radius 2 is 1.82 bits per heavy atom. The number of anilines is 2. The first kappa shape index (κ1) is 23.2. The molecule has 2 aromatic rings. The van der Waals surface area contributed by atoms with E-state index in [2.05, 4.69) is 52.5 Å². The molecule has 34 heavy (non-hydrogen) atoms. The van der Waals surface area contributed by atoms with Crippen molar-refractivity contribution in [2.75, 3.05) is 56.2 Å². The van der Waals surface area contributed by atoms with Crippen molar-refractivity contribution in [2.24, 2.45) is 5.92 Å². The number of aliphatic hydroxyl groups is 1. The highest BCUT2D eigenvalue weighted by Gasteiger charge is 2.25. The summed E-state index contributed by atoms with van der Waals surface area (Å²) in [4.78, 5) is 19.5. The van der Waals surface area contributed by atoms with E-state index in [4.69, 9.17) is 0 Å². The van der Waals surface area contributed by atoms with Crippen molar-refractivity contribution in [3.05, 3.63) is 59.2 Å². The highest BCUT2D eigenvalue weighted by atomic mass is 16.3. The SMILES string of the molecule is CN1CCc2cc(CNC3CCN(c4ccc(C(=O)N5CCC[C@H](CO)C5)cc4)CC3)ccc21. The van der Waals surface area contributed by atoms with E-state index in [0.717, 1.165) is 70.4 Å². The van der Waals surface area contributed by atoms with Gasteiger partial charge in [0, 0.05) is 75.9 Å². The summed E-state index contributed by atoms with van der Waals surface area (Å²) in [5.74, 6) is 0.307. The van der Waals surface area contributed by atoms with Gasteiger partial charge in [-0.15, -0.1) is 0 Å². The largest absolute Gasteiger partial charge is 0.396 e. The summed E-state index contributed by atoms with van der Waals surface area (Å²) in [5.41, 5.74) is 6.20. The second-order valence-corrected chi connectivity index (χ2v) is 10.3. The molecule has 0 spiro atoms. The van der Waals surface area contributed by atoms with Gasteiger partial charge < -0.3 is 25.1 Å². The van der Waals surface area contributed by atoms with Gasteiger partial charge in [-0.25, -0.2) is 0 Å². The second kappa shape index (κ2) is 10.4. The number of likely N-dealkylation sites (N-methyl/N-ethyl adjacent to an activating group) is 1. The van der Waals surface area contributed by atoms with Gasteiger partial charge in [0.1, 0.15) is 0 Å². The minimum Gasteiger partial charge on any atom is -0.396 e. The van der Waals surface area contributed by atoms with Gasteiger partial charge in [-0.05, 0) is 79.5 Å². The first-order chi connectivity index (χ1) is 16.6. The molecule has 0 radical (unpaired) electrons. The van der Waals surface area contributed by atoms with Crippen LogP contribution in [0.1, 0.15) is 47.2 Å². The zero-order chi connectivity index (χ0) is 23.5. The minimum absolute atomic E-state index is 0.0887. The molecule has 1 amide bonds. The Bertz CT molecular complexity index is 984. The number of nitrogens with one attached hydrogen (secondary N) is 1. The predicted octanol–water partition coefficient (Wildman–Crippen LogP) is 3.28. The van der Waals surface area contributed by atoms with Crippen molar-refractivity contribution in [2.45, 2.75) is 44.7 Å². The molecule has 2 saturated heterocycles. The van der Waals surface area contributed by atoms with Crippen LogP contribution >= 0.6 is 0 Å². The zero-order valence-corrected chi connectivity index (χ0v) is 20.4. The van der Waals surface area contributed by atoms with Gasteiger partial charge in [-0.3, -0.25) is 4.79 Å². The Balaban J connectivity index is 1.10. The van der Waals surface area contributed by atoms with Crippen molar-refractivity contribution in [1.29, 1.82) is 0 Å². The molecule has 3 aliphatic heterocycles. The van der Waals surface area contributed by atoms with Crippen molar-refractivity contribution >= 4 is 17.3 Å². The number of hydrogen-bond donors (Lipinski definition) is 2. The molecule has 6 nitrogen and oxygen atoms in total. The van der Waals surface area contributed by atoms with Gasteiger partial charge in [0.15, 0.2) is 0 Å². The van der Waals surface area contributed by atoms with Crippen LogP contribution in [0.5, 0.6) is 0 Å². The Hall–Kier alpha value is -2.57. The van der Waals surface area contributed by atoms with Crippen LogP contribution in [-0.4, -0.2) is 68.3 Å². The van der Waals surface area contributed by atoms with E-state index in [-0.39, 0.29) is 18.4 Å². The van der Waals surface area contributed by atoms with Crippen molar-refractivity contribution in [3.63, 3.8) is 0 Å². The van der Waals surface area contributed by atoms with Crippen LogP contribution in [0.25, 0.3) is 0 Å². The fraction of sp³-hybridized carbons (Fsp3) is 0.536. The maximum Gasteiger partial charge on any atom is 0.253 e. The van der Waals surface area contributed by atoms with Gasteiger partial charge >= 0.3 is 0 Å². The monoisotopic (exact) mass is 462 g/mol. The maximum absolute atomic E-state index is 12.9. The highest BCUT2D eigenvalue weighted by molar-refractivity contribution is 5.94. The molecule has 0 aromatic heterocycles. The first-order valence-corrected chi connectivity index (χ1v) is 12.9. The third kappa shape index (κ3) is 5.08. The number of rotatable bonds is 6. The second-order valence-electron chi connectivity index (χ2n) is 10.3. The molecule has 1 atom stereocenters. The molecule has 3 aliphatic rings. The third-order valence-corrected chi connectivity index (χ3v) is 7.91. The molecule has 0 aliphatic carbocycles. The van der Waals surface area contributed by atoms with Gasteiger partial charge in [-0.2, -0.15) is 0 Å². The summed E-state index contributed by atoms with van der Waals surface area (Å²) in [6.07, 6.45) is 5.40. The van der Waals surface area contributed by atoms with E-state index in [0.29, 0.717) is 12.6 Å². The Kier molecular flexibility index (Phi) is 7.07. The Morgan fingerprint density at radius 3 is 2.59 bits per heavy atom. The van der Waals surface area contributed by atoms with E-state index in [1.807, 2.05) is 17.0 Å². The Morgan fingerprint density at radius 1 is 1.03 bits per heavy atom. The number of likely N-dealkylation sites (tertiary alicyclic amines) is 1. The molecule has 6 heteroatoms. The molecule has 0 bridgehead atoms. The summed E-state index contributed by atoms with van der Waals surface area (Å²) >= 11 is 0. The lowest BCUT2D eigenvalue weighted by Gasteiger charge is -2.34. The van der Waals surface area contributed by atoms with Crippen molar-refractivity contribution < 1.29 is 9.90 Å². The number of fused-ring (bicyclic) bond motifs is 1. The van der Waals surface area contributed by atoms with Gasteiger partial charge in [0.2, 0.25) is 0 Å². The van der Waals surface area contributed by atoms with Crippen LogP contribution in [0, 0.1) is 5.92 Å². The number of benzene rings is 2. The van der Waals surface area contributed by atoms with E-state index in [1.165, 1.54) is 22.5 Å². The maximum atomic E-state index is 12.9. The zero-order valence-electron chi connectivity index (χ0n) is 20.4. The molecule has 182 valence electrons. The average molecular weight is 463 g/mol. The van der Waals surface area contributed by atoms with Gasteiger partial charge in [-0.1, -0.05) is 12.1 Å². The van der Waals surface area contributed by atoms with Gasteiger partial charge in [0.25, 0.3) is 5.91 Å². The number of carbonyl (C=O) groups excluding carboxylic acids is 1. The van der Waals surface area contributed by atoms with Crippen molar-refractivity contribution in [1.82, 2.24) is 10.2 Å². The third-order valence-electron chi connectivity index (χ3n) is 7.91. The van der Waals surface area contributed by atoms with Crippen LogP contribution in [0.2, 0.25) is 0 Å². The molecular weight excluding hydrogens is 424 g/mol. The van der Waals surface area contributed by atoms with Crippen molar-refractivity contribution in [3.8, 4) is 0 Å². The fourth-order valence-corrected chi connectivity index (χ4v) is 5.73. The smallest absolute Gasteiger partial charge is 0.253 e. The molecule has 0 unspecified atom stereocenters. The van der Waals surface area contributed by atoms with Gasteiger partial charge in [0.05, 0.1) is 0 Å². The molecule has 3 heterocycles. The lowest BCUT2D eigenvalue weighted by Crippen LogP contribution is -2.42. The molecule has 2 fully saturated rings. The molecule has 5 rings (SSSR count). The number of amides is 1. The minimum atomic E-state index is 0.0887. The summed E-state index contributed by atoms with van der Waals surface area (Å²) in [6.45, 7) is 5.75. The van der Waals surface area contributed by atoms with Crippen LogP contribution in [-0.2, 0) is 13.0 Å². The van der Waals surface area contributed by atoms with Crippen LogP contribution in [0.15, 0.2) is 42.5 Å². The molecule has 0 saturated carbocycles. The van der Waals surface area contributed by atoms with E-state index in [9.17, 15) is 9.90 Å². The molecule has 2 N–H and O–H groups in total. The quantitative estimate of drug-likeness (QED) is 0.690. The predicted molar refractivity (Wildman–Crippen MR) is 138 cm³/mol. The van der Waals surface area contributed by atoms with Crippen LogP contribution in [0.3, 0.4) is 0 Å². The Labute approximate surface area is 203 Å². The topological polar surface area (TPSA) is 59.0 Å². The number of piperidine rings is 2. The van der Waals surface area contributed by atoms with E-state index in [1.54, 1.807) is 0 Å². The summed E-state index contributed by atoms with van der Waals surface area (Å²) < 4.78 is 0. The summed E-state index contributed by atoms with van der Waals surface area (Å²) in [7, 11) is 2.17. The van der Waals surface area contributed by atoms with Crippen LogP contribution in [0.4, 0.5) is 11.4 Å². The summed E-state index contributed by atoms with van der Waals surface area (Å²) in [6, 6.07) is 15.6. The van der Waals surface area contributed by atoms with E-state index < -0.39 is 0 Å².